The van der Waals surface area contributed by atoms with Crippen LogP contribution in [0.2, 0.25) is 0 Å². The minimum absolute atomic E-state index is 0.298. The highest BCUT2D eigenvalue weighted by Gasteiger charge is 2.06. The second-order valence-corrected chi connectivity index (χ2v) is 3.52. The smallest absolute Gasteiger partial charge is 0.258 e. The van der Waals surface area contributed by atoms with Gasteiger partial charge in [-0.25, -0.2) is 9.88 Å². The molecule has 0 bridgehead atoms. The maximum atomic E-state index is 8.71. The Bertz CT molecular complexity index is 431. The molecule has 0 saturated carbocycles. The predicted octanol–water partition coefficient (Wildman–Crippen LogP) is 0.630. The second-order valence-electron chi connectivity index (χ2n) is 3.52. The quantitative estimate of drug-likeness (QED) is 0.547. The zero-order valence-corrected chi connectivity index (χ0v) is 9.84. The van der Waals surface area contributed by atoms with Gasteiger partial charge in [-0.1, -0.05) is 0 Å². The molecule has 0 fully saturated rings. The summed E-state index contributed by atoms with van der Waals surface area (Å²) in [7, 11) is 5.43. The molecule has 0 radical (unpaired) electrons. The van der Waals surface area contributed by atoms with E-state index in [0.29, 0.717) is 11.6 Å². The van der Waals surface area contributed by atoms with Crippen LogP contribution in [0.5, 0.6) is 0 Å². The molecule has 6 heteroatoms. The molecule has 84 valence electrons. The maximum Gasteiger partial charge on any atom is 0.258 e. The highest BCUT2D eigenvalue weighted by Crippen LogP contribution is 2.08. The van der Waals surface area contributed by atoms with Gasteiger partial charge >= 0.3 is 0 Å². The van der Waals surface area contributed by atoms with Crippen molar-refractivity contribution in [3.8, 4) is 6.19 Å². The molecule has 0 aliphatic rings. The first-order valence-corrected chi connectivity index (χ1v) is 4.74. The van der Waals surface area contributed by atoms with Crippen LogP contribution in [0, 0.1) is 18.4 Å². The SMILES string of the molecule is Cc1nnc(N(C)C#N)nc1/C=C/N(C)C. The average molecular weight is 218 g/mol. The number of hydrogen-bond acceptors (Lipinski definition) is 6. The molecule has 0 aliphatic heterocycles. The zero-order valence-electron chi connectivity index (χ0n) is 9.84. The summed E-state index contributed by atoms with van der Waals surface area (Å²) < 4.78 is 0. The van der Waals surface area contributed by atoms with E-state index < -0.39 is 0 Å². The molecular formula is C10H14N6. The zero-order chi connectivity index (χ0) is 12.1. The summed E-state index contributed by atoms with van der Waals surface area (Å²) in [5.74, 6) is 0.298. The van der Waals surface area contributed by atoms with Gasteiger partial charge in [-0.3, -0.25) is 0 Å². The van der Waals surface area contributed by atoms with Crippen LogP contribution in [0.4, 0.5) is 5.95 Å². The molecule has 0 unspecified atom stereocenters. The lowest BCUT2D eigenvalue weighted by Crippen LogP contribution is -2.14. The largest absolute Gasteiger partial charge is 0.383 e. The van der Waals surface area contributed by atoms with E-state index in [1.807, 2.05) is 44.4 Å². The molecule has 0 spiro atoms. The second kappa shape index (κ2) is 5.07. The van der Waals surface area contributed by atoms with Gasteiger partial charge in [-0.05, 0) is 13.0 Å². The topological polar surface area (TPSA) is 68.9 Å². The minimum atomic E-state index is 0.298. The van der Waals surface area contributed by atoms with Crippen LogP contribution in [0.1, 0.15) is 11.4 Å². The monoisotopic (exact) mass is 218 g/mol. The molecule has 0 saturated heterocycles. The van der Waals surface area contributed by atoms with Crippen molar-refractivity contribution < 1.29 is 0 Å². The van der Waals surface area contributed by atoms with E-state index in [-0.39, 0.29) is 0 Å². The molecular weight excluding hydrogens is 204 g/mol. The van der Waals surface area contributed by atoms with Crippen LogP contribution in [0.3, 0.4) is 0 Å². The van der Waals surface area contributed by atoms with E-state index >= 15 is 0 Å². The molecule has 1 rings (SSSR count). The number of nitrogens with zero attached hydrogens (tertiary/aromatic N) is 6. The standard InChI is InChI=1S/C10H14N6/c1-8-9(5-6-15(2)3)12-10(14-13-8)16(4)7-11/h5-6H,1-4H3/b6-5+. The van der Waals surface area contributed by atoms with Crippen LogP contribution in [-0.2, 0) is 0 Å². The Morgan fingerprint density at radius 1 is 1.25 bits per heavy atom. The number of aryl methyl sites for hydroxylation is 1. The number of anilines is 1. The van der Waals surface area contributed by atoms with Crippen molar-refractivity contribution in [2.45, 2.75) is 6.92 Å². The van der Waals surface area contributed by atoms with Crippen LogP contribution in [0.25, 0.3) is 6.08 Å². The Morgan fingerprint density at radius 3 is 2.50 bits per heavy atom. The summed E-state index contributed by atoms with van der Waals surface area (Å²) in [6, 6.07) is 0. The first-order chi connectivity index (χ1) is 7.54. The van der Waals surface area contributed by atoms with Crippen molar-refractivity contribution in [2.24, 2.45) is 0 Å². The Hall–Kier alpha value is -2.16. The van der Waals surface area contributed by atoms with Crippen molar-refractivity contribution in [1.29, 1.82) is 5.26 Å². The number of rotatable bonds is 3. The molecule has 0 atom stereocenters. The summed E-state index contributed by atoms with van der Waals surface area (Å²) in [4.78, 5) is 7.39. The van der Waals surface area contributed by atoms with Gasteiger partial charge in [0.2, 0.25) is 0 Å². The third-order valence-corrected chi connectivity index (χ3v) is 1.86. The van der Waals surface area contributed by atoms with Crippen molar-refractivity contribution in [3.63, 3.8) is 0 Å². The summed E-state index contributed by atoms with van der Waals surface area (Å²) in [6.45, 7) is 1.82. The predicted molar refractivity (Wildman–Crippen MR) is 61.3 cm³/mol. The molecule has 0 aliphatic carbocycles. The molecule has 0 N–H and O–H groups in total. The average Bonchev–Trinajstić information content (AvgIpc) is 2.26. The van der Waals surface area contributed by atoms with E-state index in [9.17, 15) is 0 Å². The minimum Gasteiger partial charge on any atom is -0.383 e. The van der Waals surface area contributed by atoms with Gasteiger partial charge in [-0.2, -0.15) is 5.26 Å². The molecule has 0 amide bonds. The Labute approximate surface area is 94.8 Å². The van der Waals surface area contributed by atoms with Crippen LogP contribution in [-0.4, -0.2) is 41.2 Å². The highest BCUT2D eigenvalue weighted by molar-refractivity contribution is 5.49. The van der Waals surface area contributed by atoms with Gasteiger partial charge < -0.3 is 4.90 Å². The summed E-state index contributed by atoms with van der Waals surface area (Å²) >= 11 is 0. The van der Waals surface area contributed by atoms with Crippen molar-refractivity contribution in [3.05, 3.63) is 17.6 Å². The number of hydrogen-bond donors (Lipinski definition) is 0. The fraction of sp³-hybridized carbons (Fsp3) is 0.400. The number of aromatic nitrogens is 3. The Kier molecular flexibility index (Phi) is 3.78. The Balaban J connectivity index is 3.05. The van der Waals surface area contributed by atoms with Gasteiger partial charge in [0.05, 0.1) is 11.4 Å². The van der Waals surface area contributed by atoms with Crippen LogP contribution >= 0.6 is 0 Å². The lowest BCUT2D eigenvalue weighted by molar-refractivity contribution is 0.567. The molecule has 1 aromatic heterocycles. The number of nitriles is 1. The third kappa shape index (κ3) is 2.92. The van der Waals surface area contributed by atoms with Gasteiger partial charge in [0.25, 0.3) is 5.95 Å². The Morgan fingerprint density at radius 2 is 1.94 bits per heavy atom. The molecule has 6 nitrogen and oxygen atoms in total. The summed E-state index contributed by atoms with van der Waals surface area (Å²) in [6.07, 6.45) is 5.63. The van der Waals surface area contributed by atoms with E-state index in [1.165, 1.54) is 4.90 Å². The van der Waals surface area contributed by atoms with Gasteiger partial charge in [-0.15, -0.1) is 10.2 Å². The van der Waals surface area contributed by atoms with E-state index in [4.69, 9.17) is 5.26 Å². The fourth-order valence-corrected chi connectivity index (χ4v) is 0.946. The first kappa shape index (κ1) is 11.9. The molecule has 0 aromatic carbocycles. The van der Waals surface area contributed by atoms with E-state index in [2.05, 4.69) is 15.2 Å². The summed E-state index contributed by atoms with van der Waals surface area (Å²) in [5, 5.41) is 16.5. The third-order valence-electron chi connectivity index (χ3n) is 1.86. The van der Waals surface area contributed by atoms with E-state index in [0.717, 1.165) is 5.69 Å². The normalized spacial score (nSPS) is 10.2. The lowest BCUT2D eigenvalue weighted by atomic mass is 10.3. The van der Waals surface area contributed by atoms with Gasteiger partial charge in [0, 0.05) is 27.3 Å². The van der Waals surface area contributed by atoms with Crippen LogP contribution in [0.15, 0.2) is 6.20 Å². The van der Waals surface area contributed by atoms with E-state index in [1.54, 1.807) is 7.05 Å². The fourth-order valence-electron chi connectivity index (χ4n) is 0.946. The van der Waals surface area contributed by atoms with Crippen molar-refractivity contribution >= 4 is 12.0 Å². The highest BCUT2D eigenvalue weighted by atomic mass is 15.3. The molecule has 1 aromatic rings. The summed E-state index contributed by atoms with van der Waals surface area (Å²) in [5.41, 5.74) is 1.44. The molecule has 1 heterocycles. The maximum absolute atomic E-state index is 8.71. The van der Waals surface area contributed by atoms with Gasteiger partial charge in [0.1, 0.15) is 0 Å². The van der Waals surface area contributed by atoms with Gasteiger partial charge in [0.15, 0.2) is 6.19 Å². The lowest BCUT2D eigenvalue weighted by Gasteiger charge is -2.08. The van der Waals surface area contributed by atoms with Crippen LogP contribution < -0.4 is 4.90 Å². The van der Waals surface area contributed by atoms with Crippen molar-refractivity contribution in [2.75, 3.05) is 26.0 Å². The molecule has 16 heavy (non-hydrogen) atoms. The first-order valence-electron chi connectivity index (χ1n) is 4.74. The van der Waals surface area contributed by atoms with Crippen molar-refractivity contribution in [1.82, 2.24) is 20.1 Å².